The van der Waals surface area contributed by atoms with E-state index in [-0.39, 0.29) is 0 Å². The molecule has 0 radical (unpaired) electrons. The number of ether oxygens (including phenoxy) is 1. The Morgan fingerprint density at radius 3 is 2.40 bits per heavy atom. The second-order valence-corrected chi connectivity index (χ2v) is 5.28. The first kappa shape index (κ1) is 11.4. The van der Waals surface area contributed by atoms with Gasteiger partial charge in [-0.05, 0) is 31.8 Å². The fourth-order valence-corrected chi connectivity index (χ4v) is 3.18. The Bertz CT molecular complexity index is 200. The first-order valence-electron chi connectivity index (χ1n) is 6.25. The fourth-order valence-electron chi connectivity index (χ4n) is 3.18. The molecule has 3 nitrogen and oxygen atoms in total. The molecule has 2 aliphatic heterocycles. The van der Waals surface area contributed by atoms with E-state index in [0.717, 1.165) is 37.6 Å². The molecule has 2 heterocycles. The van der Waals surface area contributed by atoms with Gasteiger partial charge in [0.05, 0.1) is 12.7 Å². The van der Waals surface area contributed by atoms with Crippen molar-refractivity contribution in [1.29, 1.82) is 0 Å². The maximum atomic E-state index is 5.61. The van der Waals surface area contributed by atoms with Crippen LogP contribution in [0.5, 0.6) is 0 Å². The van der Waals surface area contributed by atoms with Crippen molar-refractivity contribution in [2.45, 2.75) is 32.9 Å². The summed E-state index contributed by atoms with van der Waals surface area (Å²) >= 11 is 0. The Morgan fingerprint density at radius 1 is 1.13 bits per heavy atom. The summed E-state index contributed by atoms with van der Waals surface area (Å²) in [6.45, 7) is 12.4. The van der Waals surface area contributed by atoms with Gasteiger partial charge in [-0.3, -0.25) is 4.90 Å². The third kappa shape index (κ3) is 2.52. The quantitative estimate of drug-likeness (QED) is 0.700. The lowest BCUT2D eigenvalue weighted by Crippen LogP contribution is -2.57. The summed E-state index contributed by atoms with van der Waals surface area (Å²) in [5.74, 6) is 1.53. The second-order valence-electron chi connectivity index (χ2n) is 5.28. The first-order valence-corrected chi connectivity index (χ1v) is 6.25. The summed E-state index contributed by atoms with van der Waals surface area (Å²) in [6, 6.07) is 0.748. The second kappa shape index (κ2) is 4.81. The highest BCUT2D eigenvalue weighted by Crippen LogP contribution is 2.24. The average Bonchev–Trinajstić information content (AvgIpc) is 2.17. The summed E-state index contributed by atoms with van der Waals surface area (Å²) in [6.07, 6.45) is 0.410. The molecule has 0 bridgehead atoms. The molecule has 0 amide bonds. The van der Waals surface area contributed by atoms with Crippen LogP contribution in [0, 0.1) is 11.8 Å². The lowest BCUT2D eigenvalue weighted by Gasteiger charge is -2.45. The van der Waals surface area contributed by atoms with Crippen LogP contribution in [0.3, 0.4) is 0 Å². The molecule has 0 aromatic carbocycles. The van der Waals surface area contributed by atoms with Crippen molar-refractivity contribution in [3.8, 4) is 0 Å². The first-order chi connectivity index (χ1) is 7.18. The molecule has 0 saturated carbocycles. The van der Waals surface area contributed by atoms with E-state index in [4.69, 9.17) is 4.74 Å². The van der Waals surface area contributed by atoms with E-state index in [1.165, 1.54) is 13.1 Å². The SMILES string of the molecule is CC1CN(C2C(C)CNCC2C)CCO1. The van der Waals surface area contributed by atoms with Gasteiger partial charge in [0, 0.05) is 19.1 Å². The van der Waals surface area contributed by atoms with Crippen LogP contribution in [0.2, 0.25) is 0 Å². The monoisotopic (exact) mass is 212 g/mol. The molecular weight excluding hydrogens is 188 g/mol. The average molecular weight is 212 g/mol. The van der Waals surface area contributed by atoms with Crippen LogP contribution in [0.15, 0.2) is 0 Å². The summed E-state index contributed by atoms with van der Waals surface area (Å²) < 4.78 is 5.61. The number of morpholine rings is 1. The Hall–Kier alpha value is -0.120. The van der Waals surface area contributed by atoms with Crippen molar-refractivity contribution < 1.29 is 4.74 Å². The van der Waals surface area contributed by atoms with Crippen molar-refractivity contribution in [2.24, 2.45) is 11.8 Å². The van der Waals surface area contributed by atoms with Crippen LogP contribution in [0.25, 0.3) is 0 Å². The molecule has 3 heteroatoms. The fraction of sp³-hybridized carbons (Fsp3) is 1.00. The van der Waals surface area contributed by atoms with Gasteiger partial charge in [-0.2, -0.15) is 0 Å². The molecule has 2 aliphatic rings. The van der Waals surface area contributed by atoms with Gasteiger partial charge in [0.1, 0.15) is 0 Å². The lowest BCUT2D eigenvalue weighted by atomic mass is 9.85. The number of hydrogen-bond donors (Lipinski definition) is 1. The molecule has 0 aromatic rings. The molecule has 0 spiro atoms. The molecule has 15 heavy (non-hydrogen) atoms. The van der Waals surface area contributed by atoms with Crippen molar-refractivity contribution in [2.75, 3.05) is 32.8 Å². The predicted octanol–water partition coefficient (Wildman–Crippen LogP) is 0.951. The van der Waals surface area contributed by atoms with Gasteiger partial charge in [-0.15, -0.1) is 0 Å². The highest BCUT2D eigenvalue weighted by Gasteiger charge is 2.34. The van der Waals surface area contributed by atoms with Gasteiger partial charge in [0.2, 0.25) is 0 Å². The van der Waals surface area contributed by atoms with Crippen molar-refractivity contribution >= 4 is 0 Å². The standard InChI is InChI=1S/C12H24N2O/c1-9-6-13-7-10(2)12(9)14-4-5-15-11(3)8-14/h9-13H,4-8H2,1-3H3. The molecular formula is C12H24N2O. The smallest absolute Gasteiger partial charge is 0.0674 e. The molecule has 0 aromatic heterocycles. The van der Waals surface area contributed by atoms with Crippen LogP contribution in [0.4, 0.5) is 0 Å². The molecule has 1 N–H and O–H groups in total. The molecule has 3 atom stereocenters. The molecule has 88 valence electrons. The number of rotatable bonds is 1. The van der Waals surface area contributed by atoms with Gasteiger partial charge in [0.25, 0.3) is 0 Å². The molecule has 2 saturated heterocycles. The largest absolute Gasteiger partial charge is 0.376 e. The molecule has 2 fully saturated rings. The Labute approximate surface area is 93.2 Å². The van der Waals surface area contributed by atoms with Gasteiger partial charge < -0.3 is 10.1 Å². The number of nitrogens with one attached hydrogen (secondary N) is 1. The van der Waals surface area contributed by atoms with E-state index in [2.05, 4.69) is 31.0 Å². The minimum absolute atomic E-state index is 0.410. The van der Waals surface area contributed by atoms with E-state index < -0.39 is 0 Å². The number of piperidine rings is 1. The maximum absolute atomic E-state index is 5.61. The van der Waals surface area contributed by atoms with Crippen LogP contribution in [-0.2, 0) is 4.74 Å². The molecule has 3 unspecified atom stereocenters. The van der Waals surface area contributed by atoms with E-state index in [1.54, 1.807) is 0 Å². The topological polar surface area (TPSA) is 24.5 Å². The summed E-state index contributed by atoms with van der Waals surface area (Å²) in [7, 11) is 0. The minimum atomic E-state index is 0.410. The molecule has 0 aliphatic carbocycles. The number of hydrogen-bond acceptors (Lipinski definition) is 3. The highest BCUT2D eigenvalue weighted by molar-refractivity contribution is 4.89. The number of nitrogens with zero attached hydrogens (tertiary/aromatic N) is 1. The van der Waals surface area contributed by atoms with Gasteiger partial charge >= 0.3 is 0 Å². The zero-order valence-electron chi connectivity index (χ0n) is 10.2. The van der Waals surface area contributed by atoms with E-state index in [1.807, 2.05) is 0 Å². The van der Waals surface area contributed by atoms with Crippen molar-refractivity contribution in [3.05, 3.63) is 0 Å². The summed E-state index contributed by atoms with van der Waals surface area (Å²) in [5.41, 5.74) is 0. The Balaban J connectivity index is 1.99. The van der Waals surface area contributed by atoms with E-state index >= 15 is 0 Å². The summed E-state index contributed by atoms with van der Waals surface area (Å²) in [5, 5.41) is 3.51. The highest BCUT2D eigenvalue weighted by atomic mass is 16.5. The van der Waals surface area contributed by atoms with E-state index in [9.17, 15) is 0 Å². The van der Waals surface area contributed by atoms with Crippen molar-refractivity contribution in [1.82, 2.24) is 10.2 Å². The third-order valence-electron chi connectivity index (χ3n) is 3.79. The third-order valence-corrected chi connectivity index (χ3v) is 3.79. The zero-order chi connectivity index (χ0) is 10.8. The molecule has 2 rings (SSSR count). The van der Waals surface area contributed by atoms with Gasteiger partial charge in [-0.1, -0.05) is 13.8 Å². The van der Waals surface area contributed by atoms with Crippen LogP contribution in [0.1, 0.15) is 20.8 Å². The van der Waals surface area contributed by atoms with E-state index in [0.29, 0.717) is 6.10 Å². The maximum Gasteiger partial charge on any atom is 0.0674 e. The minimum Gasteiger partial charge on any atom is -0.376 e. The normalized spacial score (nSPS) is 44.2. The van der Waals surface area contributed by atoms with Crippen LogP contribution >= 0.6 is 0 Å². The summed E-state index contributed by atoms with van der Waals surface area (Å²) in [4.78, 5) is 2.64. The van der Waals surface area contributed by atoms with Crippen molar-refractivity contribution in [3.63, 3.8) is 0 Å². The zero-order valence-corrected chi connectivity index (χ0v) is 10.2. The lowest BCUT2D eigenvalue weighted by molar-refractivity contribution is -0.0565. The Kier molecular flexibility index (Phi) is 3.65. The van der Waals surface area contributed by atoms with Gasteiger partial charge in [-0.25, -0.2) is 0 Å². The van der Waals surface area contributed by atoms with Crippen LogP contribution < -0.4 is 5.32 Å². The predicted molar refractivity (Wildman–Crippen MR) is 62.0 cm³/mol. The van der Waals surface area contributed by atoms with Crippen LogP contribution in [-0.4, -0.2) is 49.8 Å². The Morgan fingerprint density at radius 2 is 1.80 bits per heavy atom. The van der Waals surface area contributed by atoms with Gasteiger partial charge in [0.15, 0.2) is 0 Å².